The van der Waals surface area contributed by atoms with E-state index in [0.29, 0.717) is 6.42 Å². The van der Waals surface area contributed by atoms with Gasteiger partial charge in [0.15, 0.2) is 0 Å². The van der Waals surface area contributed by atoms with Gasteiger partial charge in [-0.15, -0.1) is 11.8 Å². The van der Waals surface area contributed by atoms with Crippen LogP contribution in [0.4, 0.5) is 0 Å². The second-order valence-electron chi connectivity index (χ2n) is 3.60. The molecule has 0 aromatic carbocycles. The zero-order valence-corrected chi connectivity index (χ0v) is 9.77. The van der Waals surface area contributed by atoms with Crippen molar-refractivity contribution in [3.8, 4) is 11.8 Å². The molecule has 82 valence electrons. The van der Waals surface area contributed by atoms with E-state index in [1.165, 1.54) is 0 Å². The van der Waals surface area contributed by atoms with Gasteiger partial charge in [-0.05, 0) is 33.3 Å². The number of hydrogen-bond acceptors (Lipinski definition) is 3. The first-order valence-electron chi connectivity index (χ1n) is 5.04. The van der Waals surface area contributed by atoms with Crippen LogP contribution in [-0.4, -0.2) is 0 Å². The lowest BCUT2D eigenvalue weighted by Gasteiger charge is -2.13. The predicted molar refractivity (Wildman–Crippen MR) is 61.1 cm³/mol. The van der Waals surface area contributed by atoms with Crippen molar-refractivity contribution in [1.29, 1.82) is 0 Å². The summed E-state index contributed by atoms with van der Waals surface area (Å²) in [5.41, 5.74) is 5.08. The number of hydrazine groups is 1. The molecule has 3 heteroatoms. The molecule has 0 saturated carbocycles. The molecule has 3 nitrogen and oxygen atoms in total. The number of aryl methyl sites for hydroxylation is 2. The average molecular weight is 206 g/mol. The van der Waals surface area contributed by atoms with Gasteiger partial charge >= 0.3 is 0 Å². The van der Waals surface area contributed by atoms with Gasteiger partial charge in [0, 0.05) is 12.0 Å². The number of rotatable bonds is 3. The van der Waals surface area contributed by atoms with Crippen molar-refractivity contribution in [3.05, 3.63) is 22.6 Å². The quantitative estimate of drug-likeness (QED) is 0.452. The van der Waals surface area contributed by atoms with Gasteiger partial charge in [0.1, 0.15) is 11.5 Å². The molecule has 0 saturated heterocycles. The molecule has 0 radical (unpaired) electrons. The van der Waals surface area contributed by atoms with Crippen molar-refractivity contribution in [3.63, 3.8) is 0 Å². The molecule has 1 unspecified atom stereocenters. The first-order valence-corrected chi connectivity index (χ1v) is 5.04. The Hall–Kier alpha value is -1.24. The van der Waals surface area contributed by atoms with E-state index >= 15 is 0 Å². The van der Waals surface area contributed by atoms with Crippen molar-refractivity contribution in [1.82, 2.24) is 5.43 Å². The second-order valence-corrected chi connectivity index (χ2v) is 3.60. The zero-order valence-electron chi connectivity index (χ0n) is 9.77. The van der Waals surface area contributed by atoms with Gasteiger partial charge in [-0.3, -0.25) is 11.3 Å². The Kier molecular flexibility index (Phi) is 3.96. The van der Waals surface area contributed by atoms with Crippen molar-refractivity contribution >= 4 is 0 Å². The van der Waals surface area contributed by atoms with Gasteiger partial charge in [0.05, 0.1) is 6.04 Å². The van der Waals surface area contributed by atoms with Gasteiger partial charge in [-0.25, -0.2) is 0 Å². The van der Waals surface area contributed by atoms with Crippen molar-refractivity contribution in [2.45, 2.75) is 40.2 Å². The molecule has 0 aliphatic heterocycles. The minimum atomic E-state index is 0.0508. The summed E-state index contributed by atoms with van der Waals surface area (Å²) in [5, 5.41) is 0. The van der Waals surface area contributed by atoms with Gasteiger partial charge < -0.3 is 4.42 Å². The lowest BCUT2D eigenvalue weighted by Crippen LogP contribution is -2.28. The summed E-state index contributed by atoms with van der Waals surface area (Å²) in [4.78, 5) is 0. The highest BCUT2D eigenvalue weighted by Gasteiger charge is 2.18. The fourth-order valence-electron chi connectivity index (χ4n) is 1.77. The van der Waals surface area contributed by atoms with Crippen LogP contribution >= 0.6 is 0 Å². The molecule has 15 heavy (non-hydrogen) atoms. The van der Waals surface area contributed by atoms with Gasteiger partial charge in [-0.1, -0.05) is 0 Å². The monoisotopic (exact) mass is 206 g/mol. The number of furan rings is 1. The molecule has 1 atom stereocenters. The summed E-state index contributed by atoms with van der Waals surface area (Å²) in [6.45, 7) is 7.79. The number of hydrogen-bond donors (Lipinski definition) is 2. The Labute approximate surface area is 91.0 Å². The third-order valence-corrected chi connectivity index (χ3v) is 2.65. The van der Waals surface area contributed by atoms with Crippen molar-refractivity contribution in [2.75, 3.05) is 0 Å². The third kappa shape index (κ3) is 2.41. The first kappa shape index (κ1) is 11.8. The minimum Gasteiger partial charge on any atom is -0.466 e. The topological polar surface area (TPSA) is 51.2 Å². The van der Waals surface area contributed by atoms with E-state index in [1.807, 2.05) is 27.7 Å². The predicted octanol–water partition coefficient (Wildman–Crippen LogP) is 2.12. The Morgan fingerprint density at radius 1 is 1.33 bits per heavy atom. The maximum absolute atomic E-state index is 5.56. The summed E-state index contributed by atoms with van der Waals surface area (Å²) < 4.78 is 5.56. The van der Waals surface area contributed by atoms with Crippen LogP contribution in [0.1, 0.15) is 42.0 Å². The van der Waals surface area contributed by atoms with Gasteiger partial charge in [-0.2, -0.15) is 0 Å². The van der Waals surface area contributed by atoms with E-state index in [4.69, 9.17) is 10.3 Å². The summed E-state index contributed by atoms with van der Waals surface area (Å²) in [7, 11) is 0. The van der Waals surface area contributed by atoms with E-state index in [1.54, 1.807) is 0 Å². The Balaban J connectivity index is 3.04. The van der Waals surface area contributed by atoms with Crippen LogP contribution in [-0.2, 0) is 0 Å². The minimum absolute atomic E-state index is 0.0508. The fourth-order valence-corrected chi connectivity index (χ4v) is 1.77. The third-order valence-electron chi connectivity index (χ3n) is 2.65. The van der Waals surface area contributed by atoms with E-state index < -0.39 is 0 Å². The van der Waals surface area contributed by atoms with Crippen LogP contribution in [0.2, 0.25) is 0 Å². The SMILES string of the molecule is CC#CCC(NN)c1c(C)oc(C)c1C. The summed E-state index contributed by atoms with van der Waals surface area (Å²) >= 11 is 0. The van der Waals surface area contributed by atoms with Gasteiger partial charge in [0.2, 0.25) is 0 Å². The Morgan fingerprint density at radius 2 is 2.00 bits per heavy atom. The molecule has 1 aromatic rings. The zero-order chi connectivity index (χ0) is 11.4. The second kappa shape index (κ2) is 5.01. The molecule has 0 bridgehead atoms. The molecule has 3 N–H and O–H groups in total. The highest BCUT2D eigenvalue weighted by Crippen LogP contribution is 2.28. The molecule has 0 amide bonds. The molecule has 0 aliphatic carbocycles. The van der Waals surface area contributed by atoms with E-state index in [9.17, 15) is 0 Å². The van der Waals surface area contributed by atoms with Gasteiger partial charge in [0.25, 0.3) is 0 Å². The van der Waals surface area contributed by atoms with Crippen molar-refractivity contribution < 1.29 is 4.42 Å². The van der Waals surface area contributed by atoms with Crippen molar-refractivity contribution in [2.24, 2.45) is 5.84 Å². The summed E-state index contributed by atoms with van der Waals surface area (Å²) in [6, 6.07) is 0.0508. The Morgan fingerprint density at radius 3 is 2.40 bits per heavy atom. The average Bonchev–Trinajstić information content (AvgIpc) is 2.45. The number of nitrogens with one attached hydrogen (secondary N) is 1. The lowest BCUT2D eigenvalue weighted by molar-refractivity contribution is 0.487. The first-order chi connectivity index (χ1) is 7.11. The van der Waals surface area contributed by atoms with E-state index in [2.05, 4.69) is 17.3 Å². The highest BCUT2D eigenvalue weighted by molar-refractivity contribution is 5.34. The molecular weight excluding hydrogens is 188 g/mol. The fraction of sp³-hybridized carbons (Fsp3) is 0.500. The molecule has 0 spiro atoms. The molecule has 0 fully saturated rings. The normalized spacial score (nSPS) is 12.1. The summed E-state index contributed by atoms with van der Waals surface area (Å²) in [6.07, 6.45) is 0.702. The standard InChI is InChI=1S/C12H18N2O/c1-5-6-7-11(14-13)12-8(2)9(3)15-10(12)4/h11,14H,7,13H2,1-4H3. The maximum Gasteiger partial charge on any atom is 0.106 e. The molecule has 0 aliphatic rings. The van der Waals surface area contributed by atoms with Crippen LogP contribution in [0.5, 0.6) is 0 Å². The summed E-state index contributed by atoms with van der Waals surface area (Å²) in [5.74, 6) is 13.3. The highest BCUT2D eigenvalue weighted by atomic mass is 16.3. The Bertz CT molecular complexity index is 396. The number of nitrogens with two attached hydrogens (primary N) is 1. The van der Waals surface area contributed by atoms with Crippen LogP contribution < -0.4 is 11.3 Å². The van der Waals surface area contributed by atoms with E-state index in [-0.39, 0.29) is 6.04 Å². The van der Waals surface area contributed by atoms with Crippen LogP contribution in [0.15, 0.2) is 4.42 Å². The van der Waals surface area contributed by atoms with Crippen LogP contribution in [0.25, 0.3) is 0 Å². The molecule has 1 rings (SSSR count). The molecular formula is C12H18N2O. The molecule has 1 aromatic heterocycles. The maximum atomic E-state index is 5.56. The smallest absolute Gasteiger partial charge is 0.106 e. The van der Waals surface area contributed by atoms with Crippen LogP contribution in [0.3, 0.4) is 0 Å². The largest absolute Gasteiger partial charge is 0.466 e. The lowest BCUT2D eigenvalue weighted by atomic mass is 10.0. The van der Waals surface area contributed by atoms with Crippen LogP contribution in [0, 0.1) is 32.6 Å². The van der Waals surface area contributed by atoms with E-state index in [0.717, 1.165) is 22.6 Å². The molecule has 1 heterocycles.